The topological polar surface area (TPSA) is 90.5 Å². The Hall–Kier alpha value is -2.20. The molecule has 2 aromatic carbocycles. The van der Waals surface area contributed by atoms with Crippen LogP contribution in [-0.4, -0.2) is 43.4 Å². The van der Waals surface area contributed by atoms with Gasteiger partial charge in [-0.1, -0.05) is 55.8 Å². The van der Waals surface area contributed by atoms with Crippen molar-refractivity contribution in [1.82, 2.24) is 20.5 Å². The van der Waals surface area contributed by atoms with Gasteiger partial charge in [0.1, 0.15) is 4.90 Å². The first kappa shape index (κ1) is 24.1. The van der Waals surface area contributed by atoms with Crippen LogP contribution in [0.25, 0.3) is 0 Å². The lowest BCUT2D eigenvalue weighted by molar-refractivity contribution is 0.0943. The highest BCUT2D eigenvalue weighted by molar-refractivity contribution is 7.89. The summed E-state index contributed by atoms with van der Waals surface area (Å²) in [7, 11) is -3.79. The normalized spacial score (nSPS) is 11.2. The maximum atomic E-state index is 12.8. The van der Waals surface area contributed by atoms with Crippen molar-refractivity contribution in [2.75, 3.05) is 19.6 Å². The zero-order valence-electron chi connectivity index (χ0n) is 16.8. The number of hydrazine groups is 1. The zero-order valence-corrected chi connectivity index (χ0v) is 19.2. The molecule has 0 aliphatic rings. The summed E-state index contributed by atoms with van der Waals surface area (Å²) in [4.78, 5) is 12.3. The number of nitrogens with one attached hydrogen (secondary N) is 3. The lowest BCUT2D eigenvalue weighted by Crippen LogP contribution is -2.47. The van der Waals surface area contributed by atoms with Crippen molar-refractivity contribution >= 4 is 44.9 Å². The molecule has 3 N–H and O–H groups in total. The van der Waals surface area contributed by atoms with Gasteiger partial charge in [0, 0.05) is 25.2 Å². The summed E-state index contributed by atoms with van der Waals surface area (Å²) in [6.07, 6.45) is 0.778. The molecule has 162 valence electrons. The van der Waals surface area contributed by atoms with E-state index in [-0.39, 0.29) is 20.6 Å². The van der Waals surface area contributed by atoms with Gasteiger partial charge in [-0.15, -0.1) is 0 Å². The van der Waals surface area contributed by atoms with E-state index in [9.17, 15) is 13.2 Å². The van der Waals surface area contributed by atoms with Crippen molar-refractivity contribution < 1.29 is 13.2 Å². The molecule has 0 bridgehead atoms. The molecule has 0 spiro atoms. The largest absolute Gasteiger partial charge is 0.361 e. The Morgan fingerprint density at radius 3 is 2.37 bits per heavy atom. The van der Waals surface area contributed by atoms with Crippen LogP contribution >= 0.6 is 23.8 Å². The second kappa shape index (κ2) is 11.3. The zero-order chi connectivity index (χ0) is 22.1. The van der Waals surface area contributed by atoms with Gasteiger partial charge in [0.15, 0.2) is 5.11 Å². The van der Waals surface area contributed by atoms with Crippen LogP contribution < -0.4 is 16.2 Å². The van der Waals surface area contributed by atoms with Gasteiger partial charge >= 0.3 is 0 Å². The predicted octanol–water partition coefficient (Wildman–Crippen LogP) is 2.72. The van der Waals surface area contributed by atoms with Crippen molar-refractivity contribution in [2.45, 2.75) is 25.2 Å². The average molecular weight is 469 g/mol. The van der Waals surface area contributed by atoms with Gasteiger partial charge < -0.3 is 5.32 Å². The van der Waals surface area contributed by atoms with Crippen molar-refractivity contribution in [3.8, 4) is 0 Å². The molecule has 7 nitrogen and oxygen atoms in total. The third-order valence-electron chi connectivity index (χ3n) is 4.35. The van der Waals surface area contributed by atoms with E-state index in [1.807, 2.05) is 30.3 Å². The summed E-state index contributed by atoms with van der Waals surface area (Å²) >= 11 is 11.2. The van der Waals surface area contributed by atoms with Crippen LogP contribution in [0, 0.1) is 0 Å². The van der Waals surface area contributed by atoms with Crippen molar-refractivity contribution in [3.63, 3.8) is 0 Å². The van der Waals surface area contributed by atoms with Crippen LogP contribution in [0.15, 0.2) is 53.4 Å². The Bertz CT molecular complexity index is 981. The van der Waals surface area contributed by atoms with Crippen LogP contribution in [0.5, 0.6) is 0 Å². The number of hydrogen-bond acceptors (Lipinski definition) is 4. The molecule has 1 amide bonds. The van der Waals surface area contributed by atoms with Crippen LogP contribution in [0.1, 0.15) is 29.8 Å². The summed E-state index contributed by atoms with van der Waals surface area (Å²) in [5.74, 6) is -0.533. The molecule has 0 fully saturated rings. The third kappa shape index (κ3) is 6.40. The van der Waals surface area contributed by atoms with Gasteiger partial charge in [-0.25, -0.2) is 8.42 Å². The first-order valence-corrected chi connectivity index (χ1v) is 11.7. The first-order valence-electron chi connectivity index (χ1n) is 9.47. The monoisotopic (exact) mass is 468 g/mol. The van der Waals surface area contributed by atoms with Gasteiger partial charge in [0.2, 0.25) is 10.0 Å². The predicted molar refractivity (Wildman–Crippen MR) is 123 cm³/mol. The molecule has 0 atom stereocenters. The summed E-state index contributed by atoms with van der Waals surface area (Å²) in [5.41, 5.74) is 6.38. The lowest BCUT2D eigenvalue weighted by atomic mass is 10.1. The quantitative estimate of drug-likeness (QED) is 0.407. The smallest absolute Gasteiger partial charge is 0.269 e. The Labute approximate surface area is 187 Å². The molecule has 0 radical (unpaired) electrons. The van der Waals surface area contributed by atoms with E-state index in [1.54, 1.807) is 13.8 Å². The number of thiocarbonyl (C=S) groups is 1. The second-order valence-corrected chi connectivity index (χ2v) is 9.03. The van der Waals surface area contributed by atoms with Crippen LogP contribution in [-0.2, 0) is 16.4 Å². The SMILES string of the molecule is CCN(CC)S(=O)(=O)c1cc(C(=O)NNC(=S)NCCc2ccccc2)ccc1Cl. The molecule has 10 heteroatoms. The summed E-state index contributed by atoms with van der Waals surface area (Å²) < 4.78 is 26.8. The number of hydrogen-bond donors (Lipinski definition) is 3. The molecule has 0 saturated heterocycles. The van der Waals surface area contributed by atoms with Gasteiger partial charge in [-0.05, 0) is 42.4 Å². The summed E-state index contributed by atoms with van der Waals surface area (Å²) in [5, 5.41) is 3.31. The molecular weight excluding hydrogens is 444 g/mol. The number of nitrogens with zero attached hydrogens (tertiary/aromatic N) is 1. The van der Waals surface area contributed by atoms with E-state index in [0.717, 1.165) is 6.42 Å². The summed E-state index contributed by atoms with van der Waals surface area (Å²) in [6, 6.07) is 14.0. The molecule has 0 aliphatic heterocycles. The molecule has 0 unspecified atom stereocenters. The average Bonchev–Trinajstić information content (AvgIpc) is 2.73. The van der Waals surface area contributed by atoms with Crippen LogP contribution in [0.2, 0.25) is 5.02 Å². The molecular formula is C20H25ClN4O3S2. The number of halogens is 1. The fraction of sp³-hybridized carbons (Fsp3) is 0.300. The minimum atomic E-state index is -3.79. The van der Waals surface area contributed by atoms with E-state index >= 15 is 0 Å². The Balaban J connectivity index is 1.96. The highest BCUT2D eigenvalue weighted by atomic mass is 35.5. The van der Waals surface area contributed by atoms with E-state index in [2.05, 4.69) is 16.2 Å². The Morgan fingerprint density at radius 1 is 1.07 bits per heavy atom. The van der Waals surface area contributed by atoms with Crippen molar-refractivity contribution in [1.29, 1.82) is 0 Å². The number of sulfonamides is 1. The van der Waals surface area contributed by atoms with Crippen LogP contribution in [0.4, 0.5) is 0 Å². The van der Waals surface area contributed by atoms with E-state index in [1.165, 1.54) is 28.1 Å². The Morgan fingerprint density at radius 2 is 1.73 bits per heavy atom. The number of carbonyl (C=O) groups excluding carboxylic acids is 1. The number of rotatable bonds is 8. The van der Waals surface area contributed by atoms with Crippen LogP contribution in [0.3, 0.4) is 0 Å². The Kier molecular flexibility index (Phi) is 9.04. The van der Waals surface area contributed by atoms with E-state index in [4.69, 9.17) is 23.8 Å². The molecule has 0 aliphatic carbocycles. The molecule has 30 heavy (non-hydrogen) atoms. The standard InChI is InChI=1S/C20H25ClN4O3S2/c1-3-25(4-2)30(27,28)18-14-16(10-11-17(18)21)19(26)23-24-20(29)22-13-12-15-8-6-5-7-9-15/h5-11,14H,3-4,12-13H2,1-2H3,(H,23,26)(H2,22,24,29). The lowest BCUT2D eigenvalue weighted by Gasteiger charge is -2.19. The highest BCUT2D eigenvalue weighted by Gasteiger charge is 2.25. The molecule has 0 aromatic heterocycles. The summed E-state index contributed by atoms with van der Waals surface area (Å²) in [6.45, 7) is 4.67. The molecule has 0 saturated carbocycles. The highest BCUT2D eigenvalue weighted by Crippen LogP contribution is 2.25. The van der Waals surface area contributed by atoms with E-state index in [0.29, 0.717) is 19.6 Å². The van der Waals surface area contributed by atoms with Gasteiger partial charge in [0.25, 0.3) is 5.91 Å². The van der Waals surface area contributed by atoms with E-state index < -0.39 is 15.9 Å². The van der Waals surface area contributed by atoms with Crippen molar-refractivity contribution in [2.24, 2.45) is 0 Å². The maximum absolute atomic E-state index is 12.8. The van der Waals surface area contributed by atoms with Crippen molar-refractivity contribution in [3.05, 3.63) is 64.7 Å². The maximum Gasteiger partial charge on any atom is 0.269 e. The molecule has 2 aromatic rings. The first-order chi connectivity index (χ1) is 14.3. The number of benzene rings is 2. The second-order valence-electron chi connectivity index (χ2n) is 6.31. The number of amides is 1. The fourth-order valence-corrected chi connectivity index (χ4v) is 4.85. The minimum Gasteiger partial charge on any atom is -0.361 e. The van der Waals surface area contributed by atoms with Gasteiger partial charge in [-0.2, -0.15) is 4.31 Å². The molecule has 0 heterocycles. The minimum absolute atomic E-state index is 0.0597. The van der Waals surface area contributed by atoms with Gasteiger partial charge in [-0.3, -0.25) is 15.6 Å². The number of carbonyl (C=O) groups is 1. The molecule has 2 rings (SSSR count). The third-order valence-corrected chi connectivity index (χ3v) is 7.13. The fourth-order valence-electron chi connectivity index (χ4n) is 2.74. The van der Waals surface area contributed by atoms with Gasteiger partial charge in [0.05, 0.1) is 5.02 Å².